The number of aliphatic imine (C=N–C) groups is 1. The van der Waals surface area contributed by atoms with E-state index in [2.05, 4.69) is 9.72 Å². The maximum absolute atomic E-state index is 13.0. The Morgan fingerprint density at radius 3 is 2.32 bits per heavy atom. The molecule has 1 heterocycles. The number of nitrogens with one attached hydrogen (secondary N) is 1. The van der Waals surface area contributed by atoms with Crippen molar-refractivity contribution in [2.75, 3.05) is 33.4 Å². The number of fused-ring (bicyclic) bond motifs is 1. The van der Waals surface area contributed by atoms with Crippen molar-refractivity contribution in [1.82, 2.24) is 9.88 Å². The van der Waals surface area contributed by atoms with Crippen LogP contribution in [-0.4, -0.2) is 76.4 Å². The molecule has 10 heteroatoms. The summed E-state index contributed by atoms with van der Waals surface area (Å²) in [6.07, 6.45) is -0.863. The first-order valence-electron chi connectivity index (χ1n) is 11.8. The summed E-state index contributed by atoms with van der Waals surface area (Å²) >= 11 is 0. The lowest BCUT2D eigenvalue weighted by molar-refractivity contribution is 0.0685. The number of hydrogen-bond acceptors (Lipinski definition) is 8. The monoisotopic (exact) mass is 517 g/mol. The summed E-state index contributed by atoms with van der Waals surface area (Å²) in [7, 11) is 1.21. The maximum Gasteiger partial charge on any atom is 0.513 e. The van der Waals surface area contributed by atoms with Crippen molar-refractivity contribution in [2.45, 2.75) is 0 Å². The van der Waals surface area contributed by atoms with Gasteiger partial charge < -0.3 is 34.7 Å². The summed E-state index contributed by atoms with van der Waals surface area (Å²) in [5, 5.41) is 30.1. The van der Waals surface area contributed by atoms with Crippen LogP contribution in [0.4, 0.5) is 10.5 Å². The van der Waals surface area contributed by atoms with Crippen LogP contribution in [0.15, 0.2) is 77.8 Å². The second-order valence-corrected chi connectivity index (χ2v) is 8.23. The van der Waals surface area contributed by atoms with Gasteiger partial charge in [-0.15, -0.1) is 0 Å². The lowest BCUT2D eigenvalue weighted by Crippen LogP contribution is -2.35. The highest BCUT2D eigenvalue weighted by molar-refractivity contribution is 6.22. The number of nitrogens with zero attached hydrogens (tertiary/aromatic N) is 2. The van der Waals surface area contributed by atoms with Gasteiger partial charge in [-0.2, -0.15) is 0 Å². The Bertz CT molecular complexity index is 1460. The first kappa shape index (κ1) is 26.4. The van der Waals surface area contributed by atoms with Crippen molar-refractivity contribution < 1.29 is 34.4 Å². The topological polar surface area (TPSA) is 145 Å². The number of ether oxygens (including phenoxy) is 2. The van der Waals surface area contributed by atoms with Crippen LogP contribution in [0.1, 0.15) is 21.5 Å². The number of H-pyrrole nitrogens is 1. The number of aromatic hydroxyl groups is 1. The minimum Gasteiger partial charge on any atom is -0.494 e. The SMILES string of the molecule is COC(=O)Oc1ccc2c(C(=Nc3cccc(C(=O)N(CCO)CCO)c3)c3ccccc3)c(O)[nH]c2c1. The third-order valence-corrected chi connectivity index (χ3v) is 5.76. The molecule has 0 atom stereocenters. The number of amides is 1. The number of carbonyl (C=O) groups is 2. The Morgan fingerprint density at radius 2 is 1.63 bits per heavy atom. The number of hydrogen-bond donors (Lipinski definition) is 4. The van der Waals surface area contributed by atoms with E-state index in [1.165, 1.54) is 12.0 Å². The molecule has 0 fully saturated rings. The van der Waals surface area contributed by atoms with Crippen LogP contribution >= 0.6 is 0 Å². The number of rotatable bonds is 9. The fraction of sp³-hybridized carbons (Fsp3) is 0.179. The lowest BCUT2D eigenvalue weighted by Gasteiger charge is -2.20. The molecule has 0 bridgehead atoms. The van der Waals surface area contributed by atoms with E-state index in [0.717, 1.165) is 5.56 Å². The smallest absolute Gasteiger partial charge is 0.494 e. The highest BCUT2D eigenvalue weighted by Gasteiger charge is 2.20. The standard InChI is InChI=1S/C28H27N3O7/c1-37-28(36)38-21-10-11-22-23(17-21)30-26(34)24(22)25(18-6-3-2-4-7-18)29-20-9-5-8-19(16-20)27(35)31(12-14-32)13-15-33/h2-11,16-17,30,32-34H,12-15H2,1H3. The zero-order valence-corrected chi connectivity index (χ0v) is 20.6. The maximum atomic E-state index is 13.0. The third-order valence-electron chi connectivity index (χ3n) is 5.76. The number of aromatic amines is 1. The Labute approximate surface area is 218 Å². The van der Waals surface area contributed by atoms with E-state index in [1.807, 2.05) is 30.3 Å². The van der Waals surface area contributed by atoms with Gasteiger partial charge in [-0.05, 0) is 30.3 Å². The van der Waals surface area contributed by atoms with Crippen LogP contribution in [0.2, 0.25) is 0 Å². The van der Waals surface area contributed by atoms with Gasteiger partial charge in [0.2, 0.25) is 0 Å². The molecule has 4 aromatic rings. The second-order valence-electron chi connectivity index (χ2n) is 8.23. The molecular weight excluding hydrogens is 490 g/mol. The van der Waals surface area contributed by atoms with E-state index < -0.39 is 6.16 Å². The summed E-state index contributed by atoms with van der Waals surface area (Å²) in [4.78, 5) is 33.6. The van der Waals surface area contributed by atoms with Crippen LogP contribution in [0, 0.1) is 0 Å². The molecule has 4 N–H and O–H groups in total. The summed E-state index contributed by atoms with van der Waals surface area (Å²) in [5.74, 6) is -0.251. The highest BCUT2D eigenvalue weighted by Crippen LogP contribution is 2.33. The Morgan fingerprint density at radius 1 is 0.921 bits per heavy atom. The molecule has 0 aliphatic carbocycles. The largest absolute Gasteiger partial charge is 0.513 e. The summed E-state index contributed by atoms with van der Waals surface area (Å²) < 4.78 is 9.63. The number of aromatic nitrogens is 1. The van der Waals surface area contributed by atoms with Crippen molar-refractivity contribution in [3.8, 4) is 11.6 Å². The molecule has 3 aromatic carbocycles. The molecule has 0 aliphatic rings. The van der Waals surface area contributed by atoms with E-state index in [-0.39, 0.29) is 43.8 Å². The van der Waals surface area contributed by atoms with Crippen LogP contribution in [0.5, 0.6) is 11.6 Å². The molecule has 1 aromatic heterocycles. The first-order chi connectivity index (χ1) is 18.4. The fourth-order valence-electron chi connectivity index (χ4n) is 4.04. The summed E-state index contributed by atoms with van der Waals surface area (Å²) in [5.41, 5.74) is 2.90. The predicted molar refractivity (Wildman–Crippen MR) is 141 cm³/mol. The molecular formula is C28H27N3O7. The number of carbonyl (C=O) groups excluding carboxylic acids is 2. The molecule has 38 heavy (non-hydrogen) atoms. The van der Waals surface area contributed by atoms with Gasteiger partial charge >= 0.3 is 6.16 Å². The molecule has 1 amide bonds. The number of methoxy groups -OCH3 is 1. The minimum absolute atomic E-state index is 0.0903. The average Bonchev–Trinajstić information content (AvgIpc) is 3.26. The summed E-state index contributed by atoms with van der Waals surface area (Å²) in [6.45, 7) is -0.276. The van der Waals surface area contributed by atoms with Gasteiger partial charge in [-0.1, -0.05) is 36.4 Å². The zero-order chi connectivity index (χ0) is 27.1. The van der Waals surface area contributed by atoms with Crippen LogP contribution < -0.4 is 4.74 Å². The van der Waals surface area contributed by atoms with Gasteiger partial charge in [0.05, 0.1) is 42.8 Å². The van der Waals surface area contributed by atoms with Crippen LogP contribution in [0.3, 0.4) is 0 Å². The van der Waals surface area contributed by atoms with Crippen LogP contribution in [-0.2, 0) is 4.74 Å². The fourth-order valence-corrected chi connectivity index (χ4v) is 4.04. The second kappa shape index (κ2) is 12.0. The van der Waals surface area contributed by atoms with E-state index in [4.69, 9.17) is 9.73 Å². The van der Waals surface area contributed by atoms with E-state index in [1.54, 1.807) is 42.5 Å². The Balaban J connectivity index is 1.80. The lowest BCUT2D eigenvalue weighted by atomic mass is 10.0. The minimum atomic E-state index is -0.863. The van der Waals surface area contributed by atoms with Gasteiger partial charge in [-0.3, -0.25) is 4.79 Å². The van der Waals surface area contributed by atoms with Crippen LogP contribution in [0.25, 0.3) is 10.9 Å². The molecule has 0 unspecified atom stereocenters. The highest BCUT2D eigenvalue weighted by atomic mass is 16.7. The molecule has 0 saturated carbocycles. The summed E-state index contributed by atoms with van der Waals surface area (Å²) in [6, 6.07) is 20.8. The molecule has 4 rings (SSSR count). The van der Waals surface area contributed by atoms with Crippen molar-refractivity contribution in [2.24, 2.45) is 4.99 Å². The van der Waals surface area contributed by atoms with E-state index in [9.17, 15) is 24.9 Å². The molecule has 0 aliphatic heterocycles. The van der Waals surface area contributed by atoms with Gasteiger partial charge in [0.15, 0.2) is 5.88 Å². The molecule has 10 nitrogen and oxygen atoms in total. The zero-order valence-electron chi connectivity index (χ0n) is 20.6. The van der Waals surface area contributed by atoms with Crippen molar-refractivity contribution in [3.63, 3.8) is 0 Å². The van der Waals surface area contributed by atoms with Gasteiger partial charge in [0.25, 0.3) is 5.91 Å². The first-order valence-corrected chi connectivity index (χ1v) is 11.8. The molecule has 0 spiro atoms. The molecule has 196 valence electrons. The van der Waals surface area contributed by atoms with Crippen molar-refractivity contribution in [1.29, 1.82) is 0 Å². The Hall–Kier alpha value is -4.67. The van der Waals surface area contributed by atoms with E-state index in [0.29, 0.717) is 33.4 Å². The van der Waals surface area contributed by atoms with Crippen molar-refractivity contribution in [3.05, 3.63) is 89.5 Å². The number of benzene rings is 3. The van der Waals surface area contributed by atoms with Crippen molar-refractivity contribution >= 4 is 34.4 Å². The predicted octanol–water partition coefficient (Wildman–Crippen LogP) is 3.61. The van der Waals surface area contributed by atoms with Gasteiger partial charge in [0, 0.05) is 35.7 Å². The van der Waals surface area contributed by atoms with Gasteiger partial charge in [0.1, 0.15) is 5.75 Å². The molecule has 0 saturated heterocycles. The molecule has 0 radical (unpaired) electrons. The normalized spacial score (nSPS) is 11.4. The number of aliphatic hydroxyl groups excluding tert-OH is 2. The Kier molecular flexibility index (Phi) is 8.37. The van der Waals surface area contributed by atoms with E-state index >= 15 is 0 Å². The third kappa shape index (κ3) is 5.83. The number of aliphatic hydroxyl groups is 2. The average molecular weight is 518 g/mol. The quantitative estimate of drug-likeness (QED) is 0.151. The van der Waals surface area contributed by atoms with Gasteiger partial charge in [-0.25, -0.2) is 9.79 Å².